The second kappa shape index (κ2) is 4.62. The Morgan fingerprint density at radius 3 is 2.54 bits per heavy atom. The summed E-state index contributed by atoms with van der Waals surface area (Å²) in [7, 11) is -3.06. The van der Waals surface area contributed by atoms with Crippen molar-refractivity contribution in [2.75, 3.05) is 12.8 Å². The number of rotatable bonds is 3. The van der Waals surface area contributed by atoms with E-state index in [1.165, 1.54) is 19.1 Å². The monoisotopic (exact) mass is 225 g/mol. The maximum atomic E-state index is 10.8. The van der Waals surface area contributed by atoms with Crippen molar-refractivity contribution in [1.29, 1.82) is 0 Å². The number of halogens is 1. The first-order valence-electron chi connectivity index (χ1n) is 4.58. The summed E-state index contributed by atoms with van der Waals surface area (Å²) in [6, 6.07) is 0. The van der Waals surface area contributed by atoms with Gasteiger partial charge >= 0.3 is 0 Å². The van der Waals surface area contributed by atoms with Gasteiger partial charge in [-0.3, -0.25) is 0 Å². The molecule has 5 heteroatoms. The first kappa shape index (κ1) is 11.3. The molecule has 0 saturated heterocycles. The molecular weight excluding hydrogens is 210 g/mol. The number of hydrogen-bond donors (Lipinski definition) is 1. The molecule has 1 N–H and O–H groups in total. The molecular formula is C8H16ClNO2S. The minimum atomic E-state index is -3.06. The Labute approximate surface area is 84.9 Å². The van der Waals surface area contributed by atoms with Gasteiger partial charge in [0.25, 0.3) is 0 Å². The van der Waals surface area contributed by atoms with Crippen molar-refractivity contribution in [3.63, 3.8) is 0 Å². The predicted octanol–water partition coefficient (Wildman–Crippen LogP) is 1.33. The second-order valence-electron chi connectivity index (χ2n) is 3.68. The molecule has 3 nitrogen and oxygen atoms in total. The van der Waals surface area contributed by atoms with E-state index in [9.17, 15) is 8.42 Å². The summed E-state index contributed by atoms with van der Waals surface area (Å²) in [6.07, 6.45) is 5.57. The lowest BCUT2D eigenvalue weighted by molar-refractivity contribution is 0.364. The molecule has 1 aliphatic rings. The molecule has 1 rings (SSSR count). The lowest BCUT2D eigenvalue weighted by Gasteiger charge is -2.26. The number of sulfonamides is 1. The highest BCUT2D eigenvalue weighted by molar-refractivity contribution is 7.88. The van der Waals surface area contributed by atoms with Crippen LogP contribution in [0.25, 0.3) is 0 Å². The fraction of sp³-hybridized carbons (Fsp3) is 1.00. The van der Waals surface area contributed by atoms with Gasteiger partial charge in [0, 0.05) is 11.9 Å². The van der Waals surface area contributed by atoms with Gasteiger partial charge in [-0.25, -0.2) is 13.1 Å². The van der Waals surface area contributed by atoms with Gasteiger partial charge in [-0.15, -0.1) is 11.6 Å². The van der Waals surface area contributed by atoms with E-state index in [0.717, 1.165) is 12.8 Å². The van der Waals surface area contributed by atoms with Gasteiger partial charge < -0.3 is 0 Å². The summed E-state index contributed by atoms with van der Waals surface area (Å²) in [4.78, 5) is 0. The zero-order chi connectivity index (χ0) is 9.90. The van der Waals surface area contributed by atoms with E-state index >= 15 is 0 Å². The summed E-state index contributed by atoms with van der Waals surface area (Å²) in [5, 5.41) is 0.142. The SMILES string of the molecule is CS(=O)(=O)NCC1CCCCC1Cl. The molecule has 0 aromatic rings. The van der Waals surface area contributed by atoms with Crippen LogP contribution in [0.1, 0.15) is 25.7 Å². The zero-order valence-corrected chi connectivity index (χ0v) is 9.37. The quantitative estimate of drug-likeness (QED) is 0.737. The lowest BCUT2D eigenvalue weighted by atomic mass is 9.89. The molecule has 0 amide bonds. The lowest BCUT2D eigenvalue weighted by Crippen LogP contribution is -2.34. The Morgan fingerprint density at radius 1 is 1.38 bits per heavy atom. The molecule has 0 heterocycles. The average molecular weight is 226 g/mol. The third-order valence-electron chi connectivity index (χ3n) is 2.42. The maximum Gasteiger partial charge on any atom is 0.208 e. The number of hydrogen-bond acceptors (Lipinski definition) is 2. The van der Waals surface area contributed by atoms with Crippen LogP contribution in [0.15, 0.2) is 0 Å². The van der Waals surface area contributed by atoms with Crippen LogP contribution < -0.4 is 4.72 Å². The maximum absolute atomic E-state index is 10.8. The number of nitrogens with one attached hydrogen (secondary N) is 1. The standard InChI is InChI=1S/C8H16ClNO2S/c1-13(11,12)10-6-7-4-2-3-5-8(7)9/h7-8,10H,2-6H2,1H3. The second-order valence-corrected chi connectivity index (χ2v) is 6.07. The van der Waals surface area contributed by atoms with E-state index < -0.39 is 10.0 Å². The molecule has 0 aromatic heterocycles. The summed E-state index contributed by atoms with van der Waals surface area (Å²) < 4.78 is 24.2. The molecule has 1 saturated carbocycles. The van der Waals surface area contributed by atoms with Gasteiger partial charge in [-0.1, -0.05) is 12.8 Å². The van der Waals surface area contributed by atoms with Crippen LogP contribution in [0.3, 0.4) is 0 Å². The van der Waals surface area contributed by atoms with Crippen LogP contribution in [0, 0.1) is 5.92 Å². The van der Waals surface area contributed by atoms with E-state index in [2.05, 4.69) is 4.72 Å². The van der Waals surface area contributed by atoms with Crippen molar-refractivity contribution < 1.29 is 8.42 Å². The Balaban J connectivity index is 2.35. The molecule has 0 radical (unpaired) electrons. The smallest absolute Gasteiger partial charge is 0.208 e. The minimum Gasteiger partial charge on any atom is -0.215 e. The Hall–Kier alpha value is 0.200. The van der Waals surface area contributed by atoms with E-state index in [-0.39, 0.29) is 5.38 Å². The Bertz CT molecular complexity index is 253. The number of alkyl halides is 1. The van der Waals surface area contributed by atoms with Crippen molar-refractivity contribution in [3.8, 4) is 0 Å². The molecule has 0 aromatic carbocycles. The Morgan fingerprint density at radius 2 is 2.00 bits per heavy atom. The van der Waals surface area contributed by atoms with E-state index in [0.29, 0.717) is 12.5 Å². The highest BCUT2D eigenvalue weighted by Crippen LogP contribution is 2.27. The first-order valence-corrected chi connectivity index (χ1v) is 6.90. The van der Waals surface area contributed by atoms with E-state index in [1.54, 1.807) is 0 Å². The van der Waals surface area contributed by atoms with Crippen molar-refractivity contribution in [1.82, 2.24) is 4.72 Å². The van der Waals surface area contributed by atoms with Crippen LogP contribution >= 0.6 is 11.6 Å². The fourth-order valence-electron chi connectivity index (χ4n) is 1.65. The molecule has 0 spiro atoms. The summed E-state index contributed by atoms with van der Waals surface area (Å²) >= 11 is 6.08. The topological polar surface area (TPSA) is 46.2 Å². The predicted molar refractivity (Wildman–Crippen MR) is 54.4 cm³/mol. The van der Waals surface area contributed by atoms with Gasteiger partial charge in [0.2, 0.25) is 10.0 Å². The fourth-order valence-corrected chi connectivity index (χ4v) is 2.54. The van der Waals surface area contributed by atoms with Gasteiger partial charge in [0.1, 0.15) is 0 Å². The molecule has 13 heavy (non-hydrogen) atoms. The third-order valence-corrected chi connectivity index (χ3v) is 3.69. The summed E-state index contributed by atoms with van der Waals surface area (Å²) in [5.41, 5.74) is 0. The molecule has 78 valence electrons. The zero-order valence-electron chi connectivity index (χ0n) is 7.79. The third kappa shape index (κ3) is 4.29. The highest BCUT2D eigenvalue weighted by Gasteiger charge is 2.23. The molecule has 1 aliphatic carbocycles. The van der Waals surface area contributed by atoms with Crippen LogP contribution in [0.4, 0.5) is 0 Å². The highest BCUT2D eigenvalue weighted by atomic mass is 35.5. The largest absolute Gasteiger partial charge is 0.215 e. The van der Waals surface area contributed by atoms with Crippen molar-refractivity contribution in [2.24, 2.45) is 5.92 Å². The van der Waals surface area contributed by atoms with Gasteiger partial charge in [0.05, 0.1) is 6.26 Å². The average Bonchev–Trinajstić information content (AvgIpc) is 2.01. The van der Waals surface area contributed by atoms with Gasteiger partial charge in [-0.2, -0.15) is 0 Å². The Kier molecular flexibility index (Phi) is 4.01. The van der Waals surface area contributed by atoms with E-state index in [4.69, 9.17) is 11.6 Å². The van der Waals surface area contributed by atoms with Crippen molar-refractivity contribution in [3.05, 3.63) is 0 Å². The van der Waals surface area contributed by atoms with Crippen LogP contribution in [-0.2, 0) is 10.0 Å². The van der Waals surface area contributed by atoms with E-state index in [1.807, 2.05) is 0 Å². The normalized spacial score (nSPS) is 30.3. The summed E-state index contributed by atoms with van der Waals surface area (Å²) in [6.45, 7) is 0.493. The van der Waals surface area contributed by atoms with Crippen LogP contribution in [0.5, 0.6) is 0 Å². The first-order chi connectivity index (χ1) is 5.99. The van der Waals surface area contributed by atoms with Gasteiger partial charge in [0.15, 0.2) is 0 Å². The van der Waals surface area contributed by atoms with Gasteiger partial charge in [-0.05, 0) is 18.8 Å². The minimum absolute atomic E-state index is 0.142. The molecule has 0 bridgehead atoms. The molecule has 0 aliphatic heterocycles. The van der Waals surface area contributed by atoms with Crippen molar-refractivity contribution in [2.45, 2.75) is 31.1 Å². The summed E-state index contributed by atoms with van der Waals surface area (Å²) in [5.74, 6) is 0.310. The molecule has 2 unspecified atom stereocenters. The molecule has 2 atom stereocenters. The van der Waals surface area contributed by atoms with Crippen LogP contribution in [0.2, 0.25) is 0 Å². The van der Waals surface area contributed by atoms with Crippen LogP contribution in [-0.4, -0.2) is 26.6 Å². The molecule has 1 fully saturated rings. The van der Waals surface area contributed by atoms with Crippen molar-refractivity contribution >= 4 is 21.6 Å².